The van der Waals surface area contributed by atoms with E-state index in [4.69, 9.17) is 5.84 Å². The third-order valence-electron chi connectivity index (χ3n) is 3.78. The third kappa shape index (κ3) is 3.86. The fraction of sp³-hybridized carbons (Fsp3) is 0.846. The molecule has 5 nitrogen and oxygen atoms in total. The van der Waals surface area contributed by atoms with Crippen molar-refractivity contribution in [2.24, 2.45) is 5.92 Å². The zero-order valence-electron chi connectivity index (χ0n) is 11.6. The Kier molecular flexibility index (Phi) is 5.51. The largest absolute Gasteiger partial charge is 0.393 e. The molecule has 0 spiro atoms. The minimum Gasteiger partial charge on any atom is -0.393 e. The van der Waals surface area contributed by atoms with Gasteiger partial charge in [-0.15, -0.1) is 10.2 Å². The highest BCUT2D eigenvalue weighted by molar-refractivity contribution is 7.99. The summed E-state index contributed by atoms with van der Waals surface area (Å²) in [5.41, 5.74) is 0. The van der Waals surface area contributed by atoms with Crippen molar-refractivity contribution in [2.75, 3.05) is 11.6 Å². The van der Waals surface area contributed by atoms with Gasteiger partial charge in [-0.3, -0.25) is 0 Å². The lowest BCUT2D eigenvalue weighted by atomic mass is 9.88. The number of aryl methyl sites for hydroxylation is 1. The van der Waals surface area contributed by atoms with Crippen LogP contribution >= 0.6 is 11.8 Å². The zero-order valence-corrected chi connectivity index (χ0v) is 12.4. The summed E-state index contributed by atoms with van der Waals surface area (Å²) in [6, 6.07) is 0. The van der Waals surface area contributed by atoms with Crippen LogP contribution in [0.25, 0.3) is 0 Å². The van der Waals surface area contributed by atoms with E-state index in [1.807, 2.05) is 0 Å². The highest BCUT2D eigenvalue weighted by Crippen LogP contribution is 2.29. The molecule has 0 aromatic carbocycles. The smallest absolute Gasteiger partial charge is 0.209 e. The summed E-state index contributed by atoms with van der Waals surface area (Å²) < 4.78 is 1.61. The molecule has 19 heavy (non-hydrogen) atoms. The van der Waals surface area contributed by atoms with E-state index in [-0.39, 0.29) is 6.10 Å². The summed E-state index contributed by atoms with van der Waals surface area (Å²) in [7, 11) is 0. The van der Waals surface area contributed by atoms with Gasteiger partial charge in [0.2, 0.25) is 5.16 Å². The van der Waals surface area contributed by atoms with Crippen LogP contribution in [0.1, 0.15) is 51.3 Å². The molecule has 1 heterocycles. The van der Waals surface area contributed by atoms with Crippen LogP contribution in [0, 0.1) is 5.92 Å². The molecule has 108 valence electrons. The second kappa shape index (κ2) is 7.14. The number of nitrogen functional groups attached to an aromatic ring is 1. The van der Waals surface area contributed by atoms with Gasteiger partial charge >= 0.3 is 0 Å². The van der Waals surface area contributed by atoms with E-state index in [1.165, 1.54) is 6.42 Å². The van der Waals surface area contributed by atoms with E-state index >= 15 is 0 Å². The number of hydrogen-bond donors (Lipinski definition) is 2. The van der Waals surface area contributed by atoms with Crippen LogP contribution in [0.15, 0.2) is 5.16 Å². The second-order valence-corrected chi connectivity index (χ2v) is 6.28. The number of aliphatic hydroxyl groups excluding tert-OH is 1. The molecule has 1 aliphatic rings. The Hall–Kier alpha value is -0.750. The first-order valence-electron chi connectivity index (χ1n) is 7.22. The number of thioether (sulfide) groups is 1. The maximum absolute atomic E-state index is 9.95. The highest BCUT2D eigenvalue weighted by Gasteiger charge is 2.24. The van der Waals surface area contributed by atoms with Gasteiger partial charge in [0, 0.05) is 12.2 Å². The van der Waals surface area contributed by atoms with Crippen LogP contribution < -0.4 is 5.84 Å². The van der Waals surface area contributed by atoms with E-state index in [1.54, 1.807) is 16.4 Å². The predicted molar refractivity (Wildman–Crippen MR) is 77.5 cm³/mol. The molecule has 0 radical (unpaired) electrons. The number of unbranched alkanes of at least 4 members (excludes halogenated alkanes) is 1. The van der Waals surface area contributed by atoms with E-state index in [0.717, 1.165) is 55.3 Å². The van der Waals surface area contributed by atoms with Gasteiger partial charge in [0.1, 0.15) is 0 Å². The first-order valence-corrected chi connectivity index (χ1v) is 8.21. The lowest BCUT2D eigenvalue weighted by Crippen LogP contribution is -2.26. The van der Waals surface area contributed by atoms with Crippen molar-refractivity contribution in [3.05, 3.63) is 5.82 Å². The molecule has 2 rings (SSSR count). The Balaban J connectivity index is 1.87. The van der Waals surface area contributed by atoms with Crippen LogP contribution in [0.2, 0.25) is 0 Å². The van der Waals surface area contributed by atoms with Crippen LogP contribution in [0.5, 0.6) is 0 Å². The van der Waals surface area contributed by atoms with Crippen LogP contribution in [0.4, 0.5) is 0 Å². The molecule has 3 N–H and O–H groups in total. The Morgan fingerprint density at radius 3 is 2.89 bits per heavy atom. The molecule has 0 bridgehead atoms. The third-order valence-corrected chi connectivity index (χ3v) is 4.92. The number of aliphatic hydroxyl groups is 1. The number of hydrogen-bond acceptors (Lipinski definition) is 5. The van der Waals surface area contributed by atoms with Crippen molar-refractivity contribution in [2.45, 2.75) is 63.1 Å². The minimum atomic E-state index is -0.157. The van der Waals surface area contributed by atoms with E-state index < -0.39 is 0 Å². The molecule has 0 saturated heterocycles. The topological polar surface area (TPSA) is 77.0 Å². The summed E-state index contributed by atoms with van der Waals surface area (Å²) in [5, 5.41) is 19.0. The maximum atomic E-state index is 9.95. The quantitative estimate of drug-likeness (QED) is 0.617. The summed E-state index contributed by atoms with van der Waals surface area (Å²) in [6.07, 6.45) is 7.35. The monoisotopic (exact) mass is 284 g/mol. The first-order chi connectivity index (χ1) is 9.22. The van der Waals surface area contributed by atoms with E-state index in [2.05, 4.69) is 17.1 Å². The molecule has 1 aromatic rings. The molecule has 1 aromatic heterocycles. The maximum Gasteiger partial charge on any atom is 0.209 e. The summed E-state index contributed by atoms with van der Waals surface area (Å²) in [4.78, 5) is 0. The van der Waals surface area contributed by atoms with Gasteiger partial charge in [0.25, 0.3) is 0 Å². The van der Waals surface area contributed by atoms with Crippen molar-refractivity contribution >= 4 is 11.8 Å². The number of rotatable bonds is 6. The molecule has 6 heteroatoms. The lowest BCUT2D eigenvalue weighted by Gasteiger charge is -2.26. The number of nitrogens with zero attached hydrogens (tertiary/aromatic N) is 3. The fourth-order valence-electron chi connectivity index (χ4n) is 2.48. The number of aromatic nitrogens is 3. The Bertz CT molecular complexity index is 396. The fourth-order valence-corrected chi connectivity index (χ4v) is 3.57. The summed E-state index contributed by atoms with van der Waals surface area (Å²) in [6.45, 7) is 2.15. The average molecular weight is 284 g/mol. The van der Waals surface area contributed by atoms with Gasteiger partial charge < -0.3 is 10.9 Å². The van der Waals surface area contributed by atoms with Gasteiger partial charge in [-0.1, -0.05) is 37.9 Å². The molecular formula is C13H24N4OS. The standard InChI is InChI=1S/C13H24N4OS/c1-2-3-8-12-15-16-13(17(12)14)19-9-10-6-4-5-7-11(10)18/h10-11,18H,2-9,14H2,1H3/t10-,11+/m0/s1. The van der Waals surface area contributed by atoms with Gasteiger partial charge in [-0.25, -0.2) is 4.68 Å². The van der Waals surface area contributed by atoms with Crippen molar-refractivity contribution in [3.8, 4) is 0 Å². The second-order valence-electron chi connectivity index (χ2n) is 5.30. The summed E-state index contributed by atoms with van der Waals surface area (Å²) >= 11 is 1.62. The zero-order chi connectivity index (χ0) is 13.7. The summed E-state index contributed by atoms with van der Waals surface area (Å²) in [5.74, 6) is 8.11. The molecule has 0 unspecified atom stereocenters. The predicted octanol–water partition coefficient (Wildman–Crippen LogP) is 1.98. The molecule has 1 saturated carbocycles. The van der Waals surface area contributed by atoms with Gasteiger partial charge in [-0.2, -0.15) is 0 Å². The van der Waals surface area contributed by atoms with Crippen molar-refractivity contribution < 1.29 is 5.11 Å². The normalized spacial score (nSPS) is 23.7. The molecule has 1 fully saturated rings. The van der Waals surface area contributed by atoms with Crippen molar-refractivity contribution in [3.63, 3.8) is 0 Å². The molecule has 0 aliphatic heterocycles. The van der Waals surface area contributed by atoms with Crippen LogP contribution in [-0.4, -0.2) is 31.8 Å². The molecule has 2 atom stereocenters. The Morgan fingerprint density at radius 1 is 1.37 bits per heavy atom. The van der Waals surface area contributed by atoms with E-state index in [9.17, 15) is 5.11 Å². The van der Waals surface area contributed by atoms with Gasteiger partial charge in [-0.05, 0) is 25.2 Å². The minimum absolute atomic E-state index is 0.157. The van der Waals surface area contributed by atoms with Crippen molar-refractivity contribution in [1.82, 2.24) is 14.9 Å². The Labute approximate surface area is 118 Å². The van der Waals surface area contributed by atoms with Crippen molar-refractivity contribution in [1.29, 1.82) is 0 Å². The van der Waals surface area contributed by atoms with E-state index in [0.29, 0.717) is 5.92 Å². The van der Waals surface area contributed by atoms with Gasteiger partial charge in [0.05, 0.1) is 6.10 Å². The highest BCUT2D eigenvalue weighted by atomic mass is 32.2. The van der Waals surface area contributed by atoms with Crippen LogP contribution in [0.3, 0.4) is 0 Å². The Morgan fingerprint density at radius 2 is 2.16 bits per heavy atom. The molecule has 0 amide bonds. The first kappa shape index (κ1) is 14.7. The lowest BCUT2D eigenvalue weighted by molar-refractivity contribution is 0.0816. The average Bonchev–Trinajstić information content (AvgIpc) is 2.76. The SMILES string of the molecule is CCCCc1nnc(SC[C@@H]2CCCC[C@H]2O)n1N. The van der Waals surface area contributed by atoms with Crippen LogP contribution in [-0.2, 0) is 6.42 Å². The van der Waals surface area contributed by atoms with Gasteiger partial charge in [0.15, 0.2) is 5.82 Å². The molecule has 1 aliphatic carbocycles. The number of nitrogens with two attached hydrogens (primary N) is 1. The molecular weight excluding hydrogens is 260 g/mol.